The molecule has 1 saturated heterocycles. The first kappa shape index (κ1) is 15.9. The van der Waals surface area contributed by atoms with E-state index >= 15 is 0 Å². The van der Waals surface area contributed by atoms with Gasteiger partial charge in [-0.05, 0) is 50.6 Å². The monoisotopic (exact) mass is 294 g/mol. The molecule has 0 spiro atoms. The standard InChI is InChI=1S/C16H23FN2O2/c1-12(4-3-9-19-10-15(20)11-19)18(2)16(21)13-5-7-14(17)8-6-13/h5-8,12,15,20H,3-4,9-11H2,1-2H3. The zero-order valence-corrected chi connectivity index (χ0v) is 12.6. The Morgan fingerprint density at radius 3 is 2.62 bits per heavy atom. The van der Waals surface area contributed by atoms with E-state index < -0.39 is 0 Å². The van der Waals surface area contributed by atoms with Crippen LogP contribution in [0.2, 0.25) is 0 Å². The minimum absolute atomic E-state index is 0.0816. The van der Waals surface area contributed by atoms with Gasteiger partial charge in [0, 0.05) is 31.7 Å². The van der Waals surface area contributed by atoms with Crippen molar-refractivity contribution in [1.82, 2.24) is 9.80 Å². The summed E-state index contributed by atoms with van der Waals surface area (Å²) in [5.74, 6) is -0.416. The first-order valence-corrected chi connectivity index (χ1v) is 7.40. The van der Waals surface area contributed by atoms with Gasteiger partial charge in [0.05, 0.1) is 6.10 Å². The number of benzene rings is 1. The van der Waals surface area contributed by atoms with E-state index in [-0.39, 0.29) is 23.9 Å². The zero-order chi connectivity index (χ0) is 15.4. The molecular weight excluding hydrogens is 271 g/mol. The largest absolute Gasteiger partial charge is 0.390 e. The molecule has 1 aromatic carbocycles. The van der Waals surface area contributed by atoms with Crippen LogP contribution in [0.25, 0.3) is 0 Å². The van der Waals surface area contributed by atoms with Crippen molar-refractivity contribution >= 4 is 5.91 Å². The quantitative estimate of drug-likeness (QED) is 0.869. The molecule has 0 saturated carbocycles. The SMILES string of the molecule is CC(CCCN1CC(O)C1)N(C)C(=O)c1ccc(F)cc1. The van der Waals surface area contributed by atoms with Gasteiger partial charge in [-0.25, -0.2) is 4.39 Å². The van der Waals surface area contributed by atoms with Crippen molar-refractivity contribution in [3.63, 3.8) is 0 Å². The number of amides is 1. The molecule has 1 amide bonds. The smallest absolute Gasteiger partial charge is 0.253 e. The number of aliphatic hydroxyl groups is 1. The molecule has 0 aliphatic carbocycles. The summed E-state index contributed by atoms with van der Waals surface area (Å²) < 4.78 is 12.9. The van der Waals surface area contributed by atoms with Crippen LogP contribution in [0.3, 0.4) is 0 Å². The Bertz CT molecular complexity index is 472. The lowest BCUT2D eigenvalue weighted by atomic mass is 10.1. The van der Waals surface area contributed by atoms with Gasteiger partial charge in [0.15, 0.2) is 0 Å². The topological polar surface area (TPSA) is 43.8 Å². The predicted molar refractivity (Wildman–Crippen MR) is 79.6 cm³/mol. The lowest BCUT2D eigenvalue weighted by Gasteiger charge is -2.36. The van der Waals surface area contributed by atoms with Gasteiger partial charge in [0.25, 0.3) is 5.91 Å². The molecule has 0 bridgehead atoms. The van der Waals surface area contributed by atoms with Gasteiger partial charge in [-0.1, -0.05) is 0 Å². The molecule has 1 aliphatic rings. The van der Waals surface area contributed by atoms with Crippen molar-refractivity contribution in [3.05, 3.63) is 35.6 Å². The summed E-state index contributed by atoms with van der Waals surface area (Å²) in [5.41, 5.74) is 0.511. The molecule has 5 heteroatoms. The van der Waals surface area contributed by atoms with Crippen LogP contribution in [0.1, 0.15) is 30.1 Å². The van der Waals surface area contributed by atoms with E-state index in [4.69, 9.17) is 0 Å². The Morgan fingerprint density at radius 1 is 1.43 bits per heavy atom. The third-order valence-corrected chi connectivity index (χ3v) is 4.11. The summed E-state index contributed by atoms with van der Waals surface area (Å²) in [4.78, 5) is 16.2. The maximum atomic E-state index is 12.9. The van der Waals surface area contributed by atoms with E-state index in [9.17, 15) is 14.3 Å². The van der Waals surface area contributed by atoms with Crippen LogP contribution >= 0.6 is 0 Å². The van der Waals surface area contributed by atoms with Crippen LogP contribution in [0.4, 0.5) is 4.39 Å². The first-order chi connectivity index (χ1) is 9.97. The van der Waals surface area contributed by atoms with Gasteiger partial charge in [-0.15, -0.1) is 0 Å². The molecular formula is C16H23FN2O2. The Balaban J connectivity index is 1.76. The molecule has 1 atom stereocenters. The van der Waals surface area contributed by atoms with Crippen LogP contribution < -0.4 is 0 Å². The van der Waals surface area contributed by atoms with Crippen molar-refractivity contribution < 1.29 is 14.3 Å². The molecule has 1 unspecified atom stereocenters. The minimum atomic E-state index is -0.334. The van der Waals surface area contributed by atoms with E-state index in [1.807, 2.05) is 6.92 Å². The second-order valence-electron chi connectivity index (χ2n) is 5.83. The van der Waals surface area contributed by atoms with Crippen molar-refractivity contribution in [2.45, 2.75) is 31.9 Å². The Kier molecular flexibility index (Phi) is 5.31. The summed E-state index contributed by atoms with van der Waals surface area (Å²) in [7, 11) is 1.78. The number of β-amino-alcohol motifs (C(OH)–C–C–N with tert-alkyl or cyclic N) is 1. The summed E-state index contributed by atoms with van der Waals surface area (Å²) >= 11 is 0. The van der Waals surface area contributed by atoms with E-state index in [1.165, 1.54) is 24.3 Å². The highest BCUT2D eigenvalue weighted by Gasteiger charge is 2.24. The molecule has 2 rings (SSSR count). The summed E-state index contributed by atoms with van der Waals surface area (Å²) in [5, 5.41) is 9.21. The fourth-order valence-corrected chi connectivity index (χ4v) is 2.53. The fraction of sp³-hybridized carbons (Fsp3) is 0.562. The van der Waals surface area contributed by atoms with Crippen molar-refractivity contribution in [2.75, 3.05) is 26.7 Å². The number of halogens is 1. The summed E-state index contributed by atoms with van der Waals surface area (Å²) in [6, 6.07) is 5.78. The molecule has 0 radical (unpaired) electrons. The summed E-state index contributed by atoms with van der Waals surface area (Å²) in [6.07, 6.45) is 1.75. The lowest BCUT2D eigenvalue weighted by molar-refractivity contribution is 0.000800. The normalized spacial score (nSPS) is 17.3. The van der Waals surface area contributed by atoms with Crippen LogP contribution in [0.5, 0.6) is 0 Å². The number of carbonyl (C=O) groups is 1. The number of carbonyl (C=O) groups excluding carboxylic acids is 1. The number of hydrogen-bond donors (Lipinski definition) is 1. The van der Waals surface area contributed by atoms with Crippen LogP contribution in [-0.2, 0) is 0 Å². The van der Waals surface area contributed by atoms with Crippen molar-refractivity contribution in [2.24, 2.45) is 0 Å². The fourth-order valence-electron chi connectivity index (χ4n) is 2.53. The van der Waals surface area contributed by atoms with Gasteiger partial charge < -0.3 is 10.0 Å². The first-order valence-electron chi connectivity index (χ1n) is 7.40. The van der Waals surface area contributed by atoms with Crippen LogP contribution in [-0.4, -0.2) is 59.6 Å². The highest BCUT2D eigenvalue weighted by Crippen LogP contribution is 2.13. The number of nitrogens with zero attached hydrogens (tertiary/aromatic N) is 2. The van der Waals surface area contributed by atoms with E-state index in [1.54, 1.807) is 11.9 Å². The molecule has 1 N–H and O–H groups in total. The predicted octanol–water partition coefficient (Wildman–Crippen LogP) is 1.74. The van der Waals surface area contributed by atoms with Crippen molar-refractivity contribution in [3.8, 4) is 0 Å². The third kappa shape index (κ3) is 4.25. The highest BCUT2D eigenvalue weighted by atomic mass is 19.1. The van der Waals surface area contributed by atoms with Gasteiger partial charge >= 0.3 is 0 Å². The van der Waals surface area contributed by atoms with E-state index in [2.05, 4.69) is 4.90 Å². The maximum absolute atomic E-state index is 12.9. The molecule has 4 nitrogen and oxygen atoms in total. The number of rotatable bonds is 6. The summed E-state index contributed by atoms with van der Waals surface area (Å²) in [6.45, 7) is 4.50. The molecule has 21 heavy (non-hydrogen) atoms. The molecule has 1 aromatic rings. The van der Waals surface area contributed by atoms with Gasteiger partial charge in [0.1, 0.15) is 5.82 Å². The van der Waals surface area contributed by atoms with E-state index in [0.29, 0.717) is 5.56 Å². The Morgan fingerprint density at radius 2 is 2.05 bits per heavy atom. The van der Waals surface area contributed by atoms with Crippen LogP contribution in [0, 0.1) is 5.82 Å². The van der Waals surface area contributed by atoms with Gasteiger partial charge in [0.2, 0.25) is 0 Å². The second-order valence-corrected chi connectivity index (χ2v) is 5.83. The van der Waals surface area contributed by atoms with E-state index in [0.717, 1.165) is 32.5 Å². The number of hydrogen-bond acceptors (Lipinski definition) is 3. The highest BCUT2D eigenvalue weighted by molar-refractivity contribution is 5.94. The molecule has 1 fully saturated rings. The van der Waals surface area contributed by atoms with Gasteiger partial charge in [-0.3, -0.25) is 9.69 Å². The molecule has 1 heterocycles. The minimum Gasteiger partial charge on any atom is -0.390 e. The average Bonchev–Trinajstić information content (AvgIpc) is 2.44. The number of likely N-dealkylation sites (tertiary alicyclic amines) is 1. The Labute approximate surface area is 125 Å². The van der Waals surface area contributed by atoms with Gasteiger partial charge in [-0.2, -0.15) is 0 Å². The van der Waals surface area contributed by atoms with Crippen LogP contribution in [0.15, 0.2) is 24.3 Å². The molecule has 116 valence electrons. The van der Waals surface area contributed by atoms with Crippen molar-refractivity contribution in [1.29, 1.82) is 0 Å². The molecule has 0 aromatic heterocycles. The maximum Gasteiger partial charge on any atom is 0.253 e. The number of aliphatic hydroxyl groups excluding tert-OH is 1. The Hall–Kier alpha value is -1.46. The third-order valence-electron chi connectivity index (χ3n) is 4.11. The second kappa shape index (κ2) is 7.00. The lowest BCUT2D eigenvalue weighted by Crippen LogP contribution is -2.50. The zero-order valence-electron chi connectivity index (χ0n) is 12.6. The molecule has 1 aliphatic heterocycles. The average molecular weight is 294 g/mol.